The summed E-state index contributed by atoms with van der Waals surface area (Å²) in [6.07, 6.45) is 3.67. The number of hydrogen-bond donors (Lipinski definition) is 6. The maximum absolute atomic E-state index is 13.7. The number of aromatic nitrogens is 2. The number of carboxylic acid groups (broad SMARTS) is 1. The van der Waals surface area contributed by atoms with E-state index in [9.17, 15) is 24.3 Å². The van der Waals surface area contributed by atoms with Gasteiger partial charge in [-0.05, 0) is 30.2 Å². The predicted molar refractivity (Wildman–Crippen MR) is 157 cm³/mol. The number of carbonyl (C=O) groups excluding carboxylic acids is 3. The third kappa shape index (κ3) is 6.08. The van der Waals surface area contributed by atoms with Crippen LogP contribution in [-0.4, -0.2) is 79.5 Å². The highest BCUT2D eigenvalue weighted by molar-refractivity contribution is 7.99. The van der Waals surface area contributed by atoms with Crippen molar-refractivity contribution in [3.8, 4) is 0 Å². The minimum atomic E-state index is -1.23. The fourth-order valence-corrected chi connectivity index (χ4v) is 6.29. The summed E-state index contributed by atoms with van der Waals surface area (Å²) >= 11 is 1.43. The average Bonchev–Trinajstić information content (AvgIpc) is 3.71. The minimum absolute atomic E-state index is 0.0504. The van der Waals surface area contributed by atoms with Gasteiger partial charge in [0.1, 0.15) is 18.1 Å². The smallest absolute Gasteiger partial charge is 0.326 e. The van der Waals surface area contributed by atoms with E-state index in [-0.39, 0.29) is 18.7 Å². The number of carbonyl (C=O) groups is 4. The largest absolute Gasteiger partial charge is 0.480 e. The number of fused-ring (bicyclic) bond motifs is 2. The van der Waals surface area contributed by atoms with Crippen molar-refractivity contribution in [1.82, 2.24) is 25.5 Å². The zero-order chi connectivity index (χ0) is 29.1. The molecular formula is C29H32N6O5S. The lowest BCUT2D eigenvalue weighted by atomic mass is 10.0. The van der Waals surface area contributed by atoms with Gasteiger partial charge in [-0.2, -0.15) is 0 Å². The Hall–Kier alpha value is -4.29. The van der Waals surface area contributed by atoms with Crippen molar-refractivity contribution in [2.45, 2.75) is 43.9 Å². The molecule has 214 valence electrons. The number of nitrogens with zero attached hydrogens (tertiary/aromatic N) is 1. The first-order chi connectivity index (χ1) is 19.7. The Morgan fingerprint density at radius 2 is 1.51 bits per heavy atom. The molecule has 4 atom stereocenters. The van der Waals surface area contributed by atoms with Crippen LogP contribution in [0, 0.1) is 0 Å². The highest BCUT2D eigenvalue weighted by atomic mass is 32.2. The number of nitrogens with one attached hydrogen (secondary N) is 4. The first kappa shape index (κ1) is 28.2. The lowest BCUT2D eigenvalue weighted by Crippen LogP contribution is -2.57. The molecular weight excluding hydrogens is 544 g/mol. The number of thioether (sulfide) groups is 1. The lowest BCUT2D eigenvalue weighted by molar-refractivity contribution is -0.142. The molecule has 0 spiro atoms. The molecule has 0 bridgehead atoms. The van der Waals surface area contributed by atoms with Gasteiger partial charge in [-0.25, -0.2) is 4.79 Å². The monoisotopic (exact) mass is 576 g/mol. The predicted octanol–water partition coefficient (Wildman–Crippen LogP) is 1.74. The van der Waals surface area contributed by atoms with E-state index in [2.05, 4.69) is 20.6 Å². The maximum Gasteiger partial charge on any atom is 0.326 e. The van der Waals surface area contributed by atoms with Crippen LogP contribution in [-0.2, 0) is 32.0 Å². The van der Waals surface area contributed by atoms with Crippen molar-refractivity contribution in [1.29, 1.82) is 0 Å². The summed E-state index contributed by atoms with van der Waals surface area (Å²) in [6.45, 7) is 1.56. The zero-order valence-corrected chi connectivity index (χ0v) is 23.2. The van der Waals surface area contributed by atoms with Gasteiger partial charge in [0.25, 0.3) is 0 Å². The Morgan fingerprint density at radius 3 is 2.07 bits per heavy atom. The lowest BCUT2D eigenvalue weighted by Gasteiger charge is -2.27. The van der Waals surface area contributed by atoms with Crippen molar-refractivity contribution >= 4 is 57.3 Å². The zero-order valence-electron chi connectivity index (χ0n) is 22.4. The van der Waals surface area contributed by atoms with E-state index < -0.39 is 42.0 Å². The molecule has 2 aromatic carbocycles. The molecule has 4 aromatic rings. The Bertz CT molecular complexity index is 1600. The average molecular weight is 577 g/mol. The topological polar surface area (TPSA) is 173 Å². The van der Waals surface area contributed by atoms with Gasteiger partial charge in [0, 0.05) is 52.8 Å². The van der Waals surface area contributed by atoms with Crippen LogP contribution in [0.15, 0.2) is 60.9 Å². The summed E-state index contributed by atoms with van der Waals surface area (Å²) in [5.74, 6) is -1.98. The summed E-state index contributed by atoms with van der Waals surface area (Å²) in [6, 6.07) is 11.2. The fraction of sp³-hybridized carbons (Fsp3) is 0.310. The molecule has 3 amide bonds. The molecule has 0 unspecified atom stereocenters. The molecule has 5 rings (SSSR count). The van der Waals surface area contributed by atoms with Crippen molar-refractivity contribution < 1.29 is 24.3 Å². The van der Waals surface area contributed by atoms with Gasteiger partial charge in [-0.3, -0.25) is 14.4 Å². The molecule has 0 radical (unpaired) electrons. The highest BCUT2D eigenvalue weighted by Gasteiger charge is 2.38. The van der Waals surface area contributed by atoms with Crippen LogP contribution < -0.4 is 16.4 Å². The SMILES string of the molecule is C[C@@H](N)C(=O)N1CSC[C@H]1C(=O)N[C@@H](Cc1c[nH]c2ccccc12)C(=O)N[C@@H](Cc1c[nH]c2ccccc12)C(=O)O. The summed E-state index contributed by atoms with van der Waals surface area (Å²) in [5.41, 5.74) is 9.06. The van der Waals surface area contributed by atoms with E-state index in [0.717, 1.165) is 32.9 Å². The summed E-state index contributed by atoms with van der Waals surface area (Å²) in [7, 11) is 0. The molecule has 1 saturated heterocycles. The summed E-state index contributed by atoms with van der Waals surface area (Å²) < 4.78 is 0. The number of hydrogen-bond acceptors (Lipinski definition) is 6. The van der Waals surface area contributed by atoms with Gasteiger partial charge in [0.05, 0.1) is 11.9 Å². The normalized spacial score (nSPS) is 17.3. The quantitative estimate of drug-likeness (QED) is 0.167. The van der Waals surface area contributed by atoms with E-state index in [1.54, 1.807) is 19.3 Å². The van der Waals surface area contributed by atoms with Crippen LogP contribution >= 0.6 is 11.8 Å². The van der Waals surface area contributed by atoms with E-state index in [0.29, 0.717) is 11.6 Å². The second-order valence-corrected chi connectivity index (χ2v) is 11.2. The second-order valence-electron chi connectivity index (χ2n) is 10.2. The van der Waals surface area contributed by atoms with E-state index in [1.807, 2.05) is 48.5 Å². The Balaban J connectivity index is 1.39. The number of aromatic amines is 2. The van der Waals surface area contributed by atoms with Gasteiger partial charge in [-0.1, -0.05) is 36.4 Å². The molecule has 1 aliphatic rings. The Kier molecular flexibility index (Phi) is 8.31. The number of benzene rings is 2. The van der Waals surface area contributed by atoms with Gasteiger partial charge in [0.15, 0.2) is 0 Å². The standard InChI is InChI=1S/C29H32N6O5S/c1-16(30)28(38)35-15-41-14-25(35)27(37)33-23(10-17-12-31-21-8-4-2-6-19(17)21)26(36)34-24(29(39)40)11-18-13-32-22-9-5-3-7-20(18)22/h2-9,12-13,16,23-25,31-32H,10-11,14-15,30H2,1H3,(H,33,37)(H,34,36)(H,39,40)/t16-,23+,24+,25+/m1/s1. The third-order valence-electron chi connectivity index (χ3n) is 7.30. The van der Waals surface area contributed by atoms with Gasteiger partial charge in [-0.15, -0.1) is 11.8 Å². The Morgan fingerprint density at radius 1 is 0.951 bits per heavy atom. The van der Waals surface area contributed by atoms with Crippen molar-refractivity contribution in [3.63, 3.8) is 0 Å². The molecule has 41 heavy (non-hydrogen) atoms. The van der Waals surface area contributed by atoms with E-state index in [4.69, 9.17) is 5.73 Å². The van der Waals surface area contributed by atoms with Crippen LogP contribution in [0.4, 0.5) is 0 Å². The van der Waals surface area contributed by atoms with Crippen molar-refractivity contribution in [3.05, 3.63) is 72.1 Å². The van der Waals surface area contributed by atoms with Gasteiger partial charge >= 0.3 is 5.97 Å². The van der Waals surface area contributed by atoms with Gasteiger partial charge < -0.3 is 36.3 Å². The molecule has 0 saturated carbocycles. The number of amides is 3. The van der Waals surface area contributed by atoms with Crippen LogP contribution in [0.2, 0.25) is 0 Å². The first-order valence-corrected chi connectivity index (χ1v) is 14.5. The number of rotatable bonds is 10. The second kappa shape index (κ2) is 12.1. The molecule has 12 heteroatoms. The molecule has 3 heterocycles. The number of nitrogens with two attached hydrogens (primary N) is 1. The molecule has 0 aliphatic carbocycles. The van der Waals surface area contributed by atoms with Crippen LogP contribution in [0.25, 0.3) is 21.8 Å². The van der Waals surface area contributed by atoms with Crippen LogP contribution in [0.1, 0.15) is 18.1 Å². The molecule has 2 aromatic heterocycles. The van der Waals surface area contributed by atoms with Crippen LogP contribution in [0.3, 0.4) is 0 Å². The first-order valence-electron chi connectivity index (χ1n) is 13.3. The third-order valence-corrected chi connectivity index (χ3v) is 8.32. The number of aliphatic carboxylic acids is 1. The maximum atomic E-state index is 13.7. The fourth-order valence-electron chi connectivity index (χ4n) is 5.13. The summed E-state index contributed by atoms with van der Waals surface area (Å²) in [5, 5.41) is 17.2. The Labute approximate surface area is 240 Å². The number of carboxylic acids is 1. The number of H-pyrrole nitrogens is 2. The van der Waals surface area contributed by atoms with Crippen LogP contribution in [0.5, 0.6) is 0 Å². The molecule has 1 aliphatic heterocycles. The van der Waals surface area contributed by atoms with E-state index >= 15 is 0 Å². The van der Waals surface area contributed by atoms with E-state index in [1.165, 1.54) is 16.7 Å². The molecule has 7 N–H and O–H groups in total. The minimum Gasteiger partial charge on any atom is -0.480 e. The van der Waals surface area contributed by atoms with Crippen molar-refractivity contribution in [2.75, 3.05) is 11.6 Å². The summed E-state index contributed by atoms with van der Waals surface area (Å²) in [4.78, 5) is 59.7. The number of para-hydroxylation sites is 2. The van der Waals surface area contributed by atoms with Crippen molar-refractivity contribution in [2.24, 2.45) is 5.73 Å². The highest BCUT2D eigenvalue weighted by Crippen LogP contribution is 2.24. The molecule has 11 nitrogen and oxygen atoms in total. The van der Waals surface area contributed by atoms with Gasteiger partial charge in [0.2, 0.25) is 17.7 Å². The molecule has 1 fully saturated rings.